The lowest BCUT2D eigenvalue weighted by molar-refractivity contribution is -0.136. The van der Waals surface area contributed by atoms with E-state index in [0.717, 1.165) is 22.3 Å². The van der Waals surface area contributed by atoms with E-state index in [0.29, 0.717) is 71.1 Å². The number of carbonyl (C=O) groups excluding carboxylic acids is 4. The highest BCUT2D eigenvalue weighted by Gasteiger charge is 2.30. The van der Waals surface area contributed by atoms with Gasteiger partial charge in [0.2, 0.25) is 17.8 Å². The highest BCUT2D eigenvalue weighted by atomic mass is 16.6. The predicted molar refractivity (Wildman–Crippen MR) is 222 cm³/mol. The van der Waals surface area contributed by atoms with Gasteiger partial charge < -0.3 is 41.6 Å². The Morgan fingerprint density at radius 1 is 0.776 bits per heavy atom. The molecule has 3 aromatic rings. The van der Waals surface area contributed by atoms with Crippen molar-refractivity contribution in [3.63, 3.8) is 0 Å². The molecule has 2 heterocycles. The van der Waals surface area contributed by atoms with E-state index in [9.17, 15) is 29.4 Å². The van der Waals surface area contributed by atoms with Crippen molar-refractivity contribution < 1.29 is 43.6 Å². The van der Waals surface area contributed by atoms with Crippen molar-refractivity contribution in [3.8, 4) is 0 Å². The van der Waals surface area contributed by atoms with Crippen LogP contribution in [0.5, 0.6) is 0 Å². The molecule has 1 aliphatic rings. The van der Waals surface area contributed by atoms with E-state index in [1.54, 1.807) is 30.3 Å². The zero-order chi connectivity index (χ0) is 43.6. The quantitative estimate of drug-likeness (QED) is 0.0442. The first kappa shape index (κ1) is 49.1. The molecule has 1 saturated heterocycles. The number of benzene rings is 2. The minimum absolute atomic E-state index is 0.00205. The van der Waals surface area contributed by atoms with Gasteiger partial charge in [0.05, 0.1) is 46.2 Å². The molecule has 16 heteroatoms. The molecular formula is C42H63N7O9. The summed E-state index contributed by atoms with van der Waals surface area (Å²) in [5.74, 6) is -0.798. The standard InChI is InChI=1S/C32H39N7O9.2C5H12/c33-28-25(29(34)38-31(35)37-28)3-7-46-5-1-19-9-21(16-40)12-23(11-19)18-48-30(44)24-13-20(10-22(14-24)17-41)2-6-47-8-4-39-27(43)15-26(42)36-32(39)45;2*1-5(2,3)4/h9-14,16,30,41,44H,1-8,15,17-18H2,(H,36,42,45)(H6,33,34,35,37,38);2*1-4H3. The SMILES string of the molecule is CC(C)(C)C.CC(C)(C)C.Nc1nc(N)c(CCOCCc2cc(C=O)cc(COC(O)c3cc(CO)cc(CCOCCN4C(=O)CC(=O)NC4=O)c3)c2)c(N)n1. The first-order valence-electron chi connectivity index (χ1n) is 19.1. The van der Waals surface area contributed by atoms with Crippen LogP contribution in [-0.4, -0.2) is 82.2 Å². The number of rotatable bonds is 18. The lowest BCUT2D eigenvalue weighted by Crippen LogP contribution is -2.53. The number of nitrogens with one attached hydrogen (secondary N) is 1. The average Bonchev–Trinajstić information content (AvgIpc) is 3.10. The smallest absolute Gasteiger partial charge is 0.330 e. The maximum absolute atomic E-state index is 11.9. The van der Waals surface area contributed by atoms with E-state index < -0.39 is 24.1 Å². The number of ether oxygens (including phenoxy) is 3. The van der Waals surface area contributed by atoms with Crippen LogP contribution in [0.1, 0.15) is 112 Å². The summed E-state index contributed by atoms with van der Waals surface area (Å²) in [6.45, 7) is 18.2. The van der Waals surface area contributed by atoms with Gasteiger partial charge in [0.1, 0.15) is 24.3 Å². The first-order chi connectivity index (χ1) is 27.1. The van der Waals surface area contributed by atoms with Crippen LogP contribution in [0.25, 0.3) is 0 Å². The molecule has 1 fully saturated rings. The molecular weight excluding hydrogens is 747 g/mol. The highest BCUT2D eigenvalue weighted by molar-refractivity contribution is 6.14. The third-order valence-electron chi connectivity index (χ3n) is 7.38. The summed E-state index contributed by atoms with van der Waals surface area (Å²) in [4.78, 5) is 55.3. The van der Waals surface area contributed by atoms with Crippen LogP contribution in [0.4, 0.5) is 22.4 Å². The van der Waals surface area contributed by atoms with Crippen LogP contribution in [0.2, 0.25) is 0 Å². The van der Waals surface area contributed by atoms with Gasteiger partial charge in [0.25, 0.3) is 0 Å². The number of barbiturate groups is 1. The van der Waals surface area contributed by atoms with Crippen molar-refractivity contribution in [2.75, 3.05) is 50.2 Å². The van der Waals surface area contributed by atoms with Gasteiger partial charge in [-0.25, -0.2) is 4.79 Å². The summed E-state index contributed by atoms with van der Waals surface area (Å²) in [6.07, 6.45) is 0.337. The second-order valence-electron chi connectivity index (χ2n) is 17.0. The number of hydrogen-bond acceptors (Lipinski definition) is 14. The van der Waals surface area contributed by atoms with Gasteiger partial charge >= 0.3 is 6.03 Å². The fourth-order valence-corrected chi connectivity index (χ4v) is 5.04. The van der Waals surface area contributed by atoms with Crippen molar-refractivity contribution in [1.29, 1.82) is 0 Å². The van der Waals surface area contributed by atoms with E-state index in [1.165, 1.54) is 0 Å². The lowest BCUT2D eigenvalue weighted by atomic mass is 10.0. The molecule has 0 saturated carbocycles. The number of nitrogens with two attached hydrogens (primary N) is 3. The number of nitrogens with zero attached hydrogens (tertiary/aromatic N) is 3. The molecule has 320 valence electrons. The number of aldehydes is 1. The molecule has 4 rings (SSSR count). The molecule has 0 aliphatic carbocycles. The van der Waals surface area contributed by atoms with E-state index in [1.807, 2.05) is 6.07 Å². The number of hydrogen-bond donors (Lipinski definition) is 6. The minimum Gasteiger partial charge on any atom is -0.392 e. The van der Waals surface area contributed by atoms with Crippen molar-refractivity contribution in [2.45, 2.75) is 101 Å². The van der Waals surface area contributed by atoms with E-state index in [2.05, 4.69) is 70.7 Å². The molecule has 9 N–H and O–H groups in total. The summed E-state index contributed by atoms with van der Waals surface area (Å²) in [6, 6.07) is 9.62. The van der Waals surface area contributed by atoms with Gasteiger partial charge in [0.15, 0.2) is 6.29 Å². The first-order valence-corrected chi connectivity index (χ1v) is 19.1. The van der Waals surface area contributed by atoms with Crippen LogP contribution in [0.3, 0.4) is 0 Å². The third-order valence-corrected chi connectivity index (χ3v) is 7.38. The normalized spacial score (nSPS) is 13.6. The number of aliphatic hydroxyl groups is 2. The Morgan fingerprint density at radius 3 is 1.83 bits per heavy atom. The summed E-state index contributed by atoms with van der Waals surface area (Å²) < 4.78 is 17.1. The van der Waals surface area contributed by atoms with E-state index in [-0.39, 0.29) is 57.0 Å². The van der Waals surface area contributed by atoms with Crippen LogP contribution >= 0.6 is 0 Å². The second kappa shape index (κ2) is 23.4. The van der Waals surface area contributed by atoms with Gasteiger partial charge in [-0.15, -0.1) is 0 Å². The van der Waals surface area contributed by atoms with Gasteiger partial charge in [-0.1, -0.05) is 73.6 Å². The summed E-state index contributed by atoms with van der Waals surface area (Å²) in [5, 5.41) is 22.7. The molecule has 1 atom stereocenters. The topological polar surface area (TPSA) is 256 Å². The van der Waals surface area contributed by atoms with Gasteiger partial charge in [-0.2, -0.15) is 9.97 Å². The Bertz CT molecular complexity index is 1760. The summed E-state index contributed by atoms with van der Waals surface area (Å²) in [7, 11) is 0. The number of aromatic nitrogens is 2. The molecule has 0 spiro atoms. The van der Waals surface area contributed by atoms with Crippen LogP contribution in [-0.2, 0) is 56.3 Å². The molecule has 1 aliphatic heterocycles. The fourth-order valence-electron chi connectivity index (χ4n) is 5.04. The number of aliphatic hydroxyl groups excluding tert-OH is 2. The summed E-state index contributed by atoms with van der Waals surface area (Å²) in [5.41, 5.74) is 22.6. The third kappa shape index (κ3) is 19.9. The van der Waals surface area contributed by atoms with Gasteiger partial charge in [-0.05, 0) is 64.1 Å². The predicted octanol–water partition coefficient (Wildman–Crippen LogP) is 4.67. The molecule has 58 heavy (non-hydrogen) atoms. The molecule has 2 aromatic carbocycles. The number of carbonyl (C=O) groups is 4. The Kier molecular flexibility index (Phi) is 19.8. The monoisotopic (exact) mass is 809 g/mol. The molecule has 16 nitrogen and oxygen atoms in total. The van der Waals surface area contributed by atoms with E-state index >= 15 is 0 Å². The van der Waals surface area contributed by atoms with Crippen LogP contribution in [0, 0.1) is 10.8 Å². The minimum atomic E-state index is -1.33. The van der Waals surface area contributed by atoms with Gasteiger partial charge in [-0.3, -0.25) is 24.6 Å². The molecule has 1 aromatic heterocycles. The number of anilines is 3. The Labute approximate surface area is 341 Å². The largest absolute Gasteiger partial charge is 0.392 e. The number of imide groups is 2. The fraction of sp³-hybridized carbons (Fsp3) is 0.524. The van der Waals surface area contributed by atoms with Crippen molar-refractivity contribution >= 4 is 41.7 Å². The Hall–Kier alpha value is -5.00. The second-order valence-corrected chi connectivity index (χ2v) is 17.0. The summed E-state index contributed by atoms with van der Waals surface area (Å²) >= 11 is 0. The van der Waals surface area contributed by atoms with Crippen molar-refractivity contribution in [3.05, 3.63) is 75.3 Å². The highest BCUT2D eigenvalue weighted by Crippen LogP contribution is 2.22. The number of nitrogen functional groups attached to an aromatic ring is 3. The molecule has 4 amide bonds. The number of amides is 4. The number of urea groups is 1. The van der Waals surface area contributed by atoms with E-state index in [4.69, 9.17) is 31.4 Å². The lowest BCUT2D eigenvalue weighted by Gasteiger charge is -2.24. The molecule has 0 bridgehead atoms. The molecule has 1 unspecified atom stereocenters. The van der Waals surface area contributed by atoms with Crippen molar-refractivity contribution in [2.24, 2.45) is 10.8 Å². The van der Waals surface area contributed by atoms with Crippen molar-refractivity contribution in [1.82, 2.24) is 20.2 Å². The maximum Gasteiger partial charge on any atom is 0.330 e. The average molecular weight is 810 g/mol. The van der Waals surface area contributed by atoms with Crippen LogP contribution < -0.4 is 22.5 Å². The zero-order valence-electron chi connectivity index (χ0n) is 35.2. The molecule has 0 radical (unpaired) electrons. The van der Waals surface area contributed by atoms with Crippen LogP contribution in [0.15, 0.2) is 36.4 Å². The maximum atomic E-state index is 11.9. The zero-order valence-corrected chi connectivity index (χ0v) is 35.2. The Morgan fingerprint density at radius 2 is 1.28 bits per heavy atom. The Balaban J connectivity index is 0.00000103. The van der Waals surface area contributed by atoms with Gasteiger partial charge in [0, 0.05) is 23.1 Å².